The van der Waals surface area contributed by atoms with Crippen LogP contribution in [0, 0.1) is 25.2 Å². The normalized spacial score (nSPS) is 11.7. The molecule has 2 N–H and O–H groups in total. The molecular weight excluding hydrogens is 414 g/mol. The Morgan fingerprint density at radius 3 is 2.55 bits per heavy atom. The van der Waals surface area contributed by atoms with E-state index in [1.54, 1.807) is 41.6 Å². The maximum atomic E-state index is 13.7. The average molecular weight is 438 g/mol. The molecule has 8 heteroatoms. The minimum atomic E-state index is -0.404. The molecule has 1 atom stereocenters. The van der Waals surface area contributed by atoms with Crippen molar-refractivity contribution in [1.82, 2.24) is 24.8 Å². The Bertz CT molecular complexity index is 1360. The van der Waals surface area contributed by atoms with Gasteiger partial charge in [0.1, 0.15) is 17.7 Å². The molecule has 0 radical (unpaired) electrons. The molecule has 0 fully saturated rings. The molecule has 8 nitrogen and oxygen atoms in total. The number of amides is 1. The van der Waals surface area contributed by atoms with Crippen LogP contribution < -0.4 is 5.73 Å². The molecule has 0 saturated carbocycles. The van der Waals surface area contributed by atoms with Crippen molar-refractivity contribution < 1.29 is 4.79 Å². The fourth-order valence-corrected chi connectivity index (χ4v) is 3.65. The highest BCUT2D eigenvalue weighted by atomic mass is 16.2. The van der Waals surface area contributed by atoms with Gasteiger partial charge >= 0.3 is 0 Å². The number of aromatic nitrogens is 4. The lowest BCUT2D eigenvalue weighted by atomic mass is 10.0. The Kier molecular flexibility index (Phi) is 5.96. The summed E-state index contributed by atoms with van der Waals surface area (Å²) in [7, 11) is 0. The predicted octanol–water partition coefficient (Wildman–Crippen LogP) is 3.89. The number of aryl methyl sites for hydroxylation is 1. The van der Waals surface area contributed by atoms with E-state index in [1.165, 1.54) is 6.20 Å². The van der Waals surface area contributed by atoms with Gasteiger partial charge in [0.15, 0.2) is 0 Å². The summed E-state index contributed by atoms with van der Waals surface area (Å²) in [6.07, 6.45) is 4.80. The summed E-state index contributed by atoms with van der Waals surface area (Å²) in [4.78, 5) is 32.9. The first-order chi connectivity index (χ1) is 15.9. The molecule has 33 heavy (non-hydrogen) atoms. The van der Waals surface area contributed by atoms with E-state index in [9.17, 15) is 4.79 Å². The smallest absolute Gasteiger partial charge is 0.254 e. The van der Waals surface area contributed by atoms with Gasteiger partial charge < -0.3 is 10.6 Å². The van der Waals surface area contributed by atoms with Crippen molar-refractivity contribution in [2.45, 2.75) is 33.4 Å². The van der Waals surface area contributed by atoms with Crippen LogP contribution in [0.25, 0.3) is 10.9 Å². The number of benzene rings is 1. The highest BCUT2D eigenvalue weighted by Gasteiger charge is 2.26. The fraction of sp³-hybridized carbons (Fsp3) is 0.200. The van der Waals surface area contributed by atoms with Crippen LogP contribution in [-0.2, 0) is 6.54 Å². The molecule has 3 aromatic heterocycles. The Hall–Kier alpha value is -4.38. The van der Waals surface area contributed by atoms with Gasteiger partial charge in [-0.05, 0) is 68.3 Å². The highest BCUT2D eigenvalue weighted by Crippen LogP contribution is 2.27. The minimum absolute atomic E-state index is 0.183. The van der Waals surface area contributed by atoms with Crippen LogP contribution in [-0.4, -0.2) is 30.7 Å². The highest BCUT2D eigenvalue weighted by molar-refractivity contribution is 5.99. The Labute approximate surface area is 191 Å². The van der Waals surface area contributed by atoms with Crippen molar-refractivity contribution in [3.8, 4) is 6.07 Å². The summed E-state index contributed by atoms with van der Waals surface area (Å²) in [5.41, 5.74) is 10.3. The zero-order valence-corrected chi connectivity index (χ0v) is 18.6. The predicted molar refractivity (Wildman–Crippen MR) is 125 cm³/mol. The van der Waals surface area contributed by atoms with Crippen LogP contribution >= 0.6 is 0 Å². The average Bonchev–Trinajstić information content (AvgIpc) is 2.86. The van der Waals surface area contributed by atoms with Crippen molar-refractivity contribution >= 4 is 22.6 Å². The third kappa shape index (κ3) is 4.34. The number of nitrogen functional groups attached to an aromatic ring is 1. The quantitative estimate of drug-likeness (QED) is 0.502. The number of nitrogens with two attached hydrogens (primary N) is 1. The van der Waals surface area contributed by atoms with Gasteiger partial charge in [-0.25, -0.2) is 15.0 Å². The number of carbonyl (C=O) groups is 1. The standard InChI is InChI=1S/C25H23N7O/c1-15-16(2)23(27)31-22-8-6-19(11-21(15)22)25(33)32(17(3)24-28-9-4-10-29-24)14-20-7-5-18(12-26)13-30-20/h4-11,13,17H,14H2,1-3H3,(H2,27,31)/t17-/m0/s1. The molecule has 4 rings (SSSR count). The number of nitrogens with zero attached hydrogens (tertiary/aromatic N) is 6. The largest absolute Gasteiger partial charge is 0.383 e. The van der Waals surface area contributed by atoms with Crippen LogP contribution in [0.4, 0.5) is 5.82 Å². The van der Waals surface area contributed by atoms with E-state index >= 15 is 0 Å². The minimum Gasteiger partial charge on any atom is -0.383 e. The van der Waals surface area contributed by atoms with Crippen molar-refractivity contribution in [1.29, 1.82) is 5.26 Å². The van der Waals surface area contributed by atoms with E-state index < -0.39 is 6.04 Å². The van der Waals surface area contributed by atoms with Gasteiger partial charge in [0.2, 0.25) is 0 Å². The molecule has 0 aliphatic carbocycles. The van der Waals surface area contributed by atoms with E-state index in [2.05, 4.69) is 26.0 Å². The first kappa shape index (κ1) is 21.8. The molecule has 0 aliphatic heterocycles. The van der Waals surface area contributed by atoms with Crippen LogP contribution in [0.3, 0.4) is 0 Å². The monoisotopic (exact) mass is 437 g/mol. The third-order valence-electron chi connectivity index (χ3n) is 5.81. The molecule has 3 heterocycles. The van der Waals surface area contributed by atoms with Crippen LogP contribution in [0.15, 0.2) is 55.0 Å². The molecule has 1 aromatic carbocycles. The number of pyridine rings is 2. The maximum absolute atomic E-state index is 13.7. The first-order valence-electron chi connectivity index (χ1n) is 10.5. The second-order valence-corrected chi connectivity index (χ2v) is 7.85. The van der Waals surface area contributed by atoms with E-state index in [1.807, 2.05) is 32.9 Å². The lowest BCUT2D eigenvalue weighted by molar-refractivity contribution is 0.0663. The van der Waals surface area contributed by atoms with Crippen LogP contribution in [0.1, 0.15) is 51.5 Å². The van der Waals surface area contributed by atoms with Crippen molar-refractivity contribution in [3.63, 3.8) is 0 Å². The first-order valence-corrected chi connectivity index (χ1v) is 10.5. The van der Waals surface area contributed by atoms with Gasteiger partial charge in [-0.3, -0.25) is 9.78 Å². The van der Waals surface area contributed by atoms with Gasteiger partial charge in [-0.2, -0.15) is 5.26 Å². The molecule has 0 aliphatic rings. The van der Waals surface area contributed by atoms with Crippen molar-refractivity contribution in [2.24, 2.45) is 0 Å². The zero-order valence-electron chi connectivity index (χ0n) is 18.6. The zero-order chi connectivity index (χ0) is 23.5. The lowest BCUT2D eigenvalue weighted by Crippen LogP contribution is -2.34. The lowest BCUT2D eigenvalue weighted by Gasteiger charge is -2.28. The van der Waals surface area contributed by atoms with Crippen LogP contribution in [0.2, 0.25) is 0 Å². The number of nitriles is 1. The molecule has 164 valence electrons. The van der Waals surface area contributed by atoms with Gasteiger partial charge in [0.05, 0.1) is 29.4 Å². The van der Waals surface area contributed by atoms with Gasteiger partial charge in [-0.15, -0.1) is 0 Å². The van der Waals surface area contributed by atoms with E-state index in [0.717, 1.165) is 22.0 Å². The SMILES string of the molecule is Cc1c(N)nc2ccc(C(=O)N(Cc3ccc(C#N)cn3)[C@@H](C)c3ncccn3)cc2c1C. The number of anilines is 1. The summed E-state index contributed by atoms with van der Waals surface area (Å²) in [5.74, 6) is 0.834. The maximum Gasteiger partial charge on any atom is 0.254 e. The second kappa shape index (κ2) is 9.01. The second-order valence-electron chi connectivity index (χ2n) is 7.85. The van der Waals surface area contributed by atoms with Gasteiger partial charge in [-0.1, -0.05) is 0 Å². The number of hydrogen-bond acceptors (Lipinski definition) is 7. The number of carbonyl (C=O) groups excluding carboxylic acids is 1. The van der Waals surface area contributed by atoms with Gasteiger partial charge in [0, 0.05) is 29.5 Å². The van der Waals surface area contributed by atoms with Crippen molar-refractivity contribution in [3.05, 3.63) is 88.8 Å². The summed E-state index contributed by atoms with van der Waals surface area (Å²) < 4.78 is 0. The van der Waals surface area contributed by atoms with E-state index in [0.29, 0.717) is 28.5 Å². The molecule has 0 bridgehead atoms. The molecule has 4 aromatic rings. The molecule has 0 saturated heterocycles. The number of hydrogen-bond donors (Lipinski definition) is 1. The number of fused-ring (bicyclic) bond motifs is 1. The Morgan fingerprint density at radius 1 is 1.12 bits per heavy atom. The third-order valence-corrected chi connectivity index (χ3v) is 5.81. The summed E-state index contributed by atoms with van der Waals surface area (Å²) in [6, 6.07) is 12.2. The fourth-order valence-electron chi connectivity index (χ4n) is 3.65. The van der Waals surface area contributed by atoms with E-state index in [-0.39, 0.29) is 12.5 Å². The van der Waals surface area contributed by atoms with E-state index in [4.69, 9.17) is 11.0 Å². The molecule has 1 amide bonds. The summed E-state index contributed by atoms with van der Waals surface area (Å²) in [5, 5.41) is 9.93. The summed E-state index contributed by atoms with van der Waals surface area (Å²) in [6.45, 7) is 6.02. The Balaban J connectivity index is 1.75. The van der Waals surface area contributed by atoms with Crippen LogP contribution in [0.5, 0.6) is 0 Å². The molecule has 0 spiro atoms. The van der Waals surface area contributed by atoms with Crippen molar-refractivity contribution in [2.75, 3.05) is 5.73 Å². The molecule has 0 unspecified atom stereocenters. The molecular formula is C25H23N7O. The topological polar surface area (TPSA) is 122 Å². The number of rotatable bonds is 5. The Morgan fingerprint density at radius 2 is 1.88 bits per heavy atom. The van der Waals surface area contributed by atoms with Gasteiger partial charge in [0.25, 0.3) is 5.91 Å². The summed E-state index contributed by atoms with van der Waals surface area (Å²) >= 11 is 0.